The van der Waals surface area contributed by atoms with Gasteiger partial charge in [-0.1, -0.05) is 142 Å². The molecule has 4 nitrogen and oxygen atoms in total. The van der Waals surface area contributed by atoms with Crippen LogP contribution >= 0.6 is 23.5 Å². The molecule has 0 fully saturated rings. The van der Waals surface area contributed by atoms with Crippen LogP contribution in [0.4, 0.5) is 5.69 Å². The molecule has 0 radical (unpaired) electrons. The van der Waals surface area contributed by atoms with Crippen LogP contribution in [0.25, 0.3) is 11.3 Å². The molecule has 6 heteroatoms. The summed E-state index contributed by atoms with van der Waals surface area (Å²) in [6, 6.07) is 37.8. The van der Waals surface area contributed by atoms with Crippen LogP contribution in [-0.4, -0.2) is 26.6 Å². The van der Waals surface area contributed by atoms with Crippen molar-refractivity contribution in [2.24, 2.45) is 0 Å². The summed E-state index contributed by atoms with van der Waals surface area (Å²) in [5, 5.41) is 3.93. The van der Waals surface area contributed by atoms with E-state index in [4.69, 9.17) is 14.7 Å². The van der Waals surface area contributed by atoms with Gasteiger partial charge in [-0.05, 0) is 64.9 Å². The monoisotopic (exact) mass is 733 g/mol. The maximum absolute atomic E-state index is 5.61. The van der Waals surface area contributed by atoms with Crippen LogP contribution in [0.5, 0.6) is 5.75 Å². The summed E-state index contributed by atoms with van der Waals surface area (Å²) in [5.41, 5.74) is 10.3. The SMILES string of the molecule is CC(C)(C)SCc1cccc(CSC(C)(C)C)n1.COc1ccccc1-c1cccc(C(Nc2c(C(C)C)cccc2C(C)C)c2ccccc2)n1. The number of hydrogen-bond donors (Lipinski definition) is 1. The number of anilines is 1. The van der Waals surface area contributed by atoms with Crippen LogP contribution in [0.2, 0.25) is 0 Å². The van der Waals surface area contributed by atoms with Crippen molar-refractivity contribution in [3.63, 3.8) is 0 Å². The van der Waals surface area contributed by atoms with E-state index < -0.39 is 0 Å². The Kier molecular flexibility index (Phi) is 14.9. The first kappa shape index (κ1) is 41.0. The van der Waals surface area contributed by atoms with Crippen LogP contribution in [-0.2, 0) is 11.5 Å². The van der Waals surface area contributed by atoms with Gasteiger partial charge in [0.2, 0.25) is 0 Å². The fourth-order valence-corrected chi connectivity index (χ4v) is 7.21. The Labute approximate surface area is 323 Å². The lowest BCUT2D eigenvalue weighted by atomic mass is 9.91. The number of para-hydroxylation sites is 2. The molecule has 0 aliphatic rings. The van der Waals surface area contributed by atoms with Gasteiger partial charge < -0.3 is 10.1 Å². The molecule has 0 saturated heterocycles. The first-order valence-electron chi connectivity index (χ1n) is 18.4. The topological polar surface area (TPSA) is 47.0 Å². The largest absolute Gasteiger partial charge is 0.496 e. The molecule has 0 saturated carbocycles. The smallest absolute Gasteiger partial charge is 0.128 e. The zero-order valence-electron chi connectivity index (χ0n) is 33.2. The summed E-state index contributed by atoms with van der Waals surface area (Å²) < 4.78 is 6.22. The molecule has 1 N–H and O–H groups in total. The van der Waals surface area contributed by atoms with Gasteiger partial charge in [-0.15, -0.1) is 23.5 Å². The Morgan fingerprint density at radius 1 is 0.596 bits per heavy atom. The molecule has 0 aliphatic heterocycles. The van der Waals surface area contributed by atoms with Crippen LogP contribution in [0.1, 0.15) is 121 Å². The molecule has 2 heterocycles. The van der Waals surface area contributed by atoms with E-state index in [9.17, 15) is 0 Å². The van der Waals surface area contributed by atoms with E-state index in [-0.39, 0.29) is 6.04 Å². The molecule has 1 unspecified atom stereocenters. The lowest BCUT2D eigenvalue weighted by Gasteiger charge is -2.27. The Morgan fingerprint density at radius 3 is 1.65 bits per heavy atom. The Bertz CT molecular complexity index is 1780. The van der Waals surface area contributed by atoms with Crippen molar-refractivity contribution >= 4 is 29.2 Å². The minimum absolute atomic E-state index is 0.0896. The molecule has 5 rings (SSSR count). The number of hydrogen-bond acceptors (Lipinski definition) is 6. The molecule has 2 aromatic heterocycles. The minimum Gasteiger partial charge on any atom is -0.496 e. The minimum atomic E-state index is -0.0896. The van der Waals surface area contributed by atoms with Crippen LogP contribution in [0.15, 0.2) is 109 Å². The van der Waals surface area contributed by atoms with E-state index in [2.05, 4.69) is 159 Å². The zero-order chi connectivity index (χ0) is 37.9. The second-order valence-corrected chi connectivity index (χ2v) is 19.3. The molecule has 1 atom stereocenters. The van der Waals surface area contributed by atoms with Crippen molar-refractivity contribution in [1.82, 2.24) is 9.97 Å². The highest BCUT2D eigenvalue weighted by Crippen LogP contribution is 2.37. The van der Waals surface area contributed by atoms with Gasteiger partial charge in [0.25, 0.3) is 0 Å². The molecule has 52 heavy (non-hydrogen) atoms. The quantitative estimate of drug-likeness (QED) is 0.138. The number of rotatable bonds is 12. The van der Waals surface area contributed by atoms with Gasteiger partial charge >= 0.3 is 0 Å². The number of nitrogens with one attached hydrogen (secondary N) is 1. The van der Waals surface area contributed by atoms with Gasteiger partial charge in [0.1, 0.15) is 5.75 Å². The molecular weight excluding hydrogens is 675 g/mol. The average Bonchev–Trinajstić information content (AvgIpc) is 3.12. The highest BCUT2D eigenvalue weighted by molar-refractivity contribution is 8.00. The lowest BCUT2D eigenvalue weighted by molar-refractivity contribution is 0.416. The second kappa shape index (κ2) is 18.8. The lowest BCUT2D eigenvalue weighted by Crippen LogP contribution is -2.17. The summed E-state index contributed by atoms with van der Waals surface area (Å²) in [4.78, 5) is 9.87. The molecule has 3 aromatic carbocycles. The summed E-state index contributed by atoms with van der Waals surface area (Å²) in [7, 11) is 1.70. The molecule has 5 aromatic rings. The standard InChI is InChI=1S/C31H34N2O.C15H25NS2/c1-21(2)24-16-11-17-25(22(3)4)31(24)33-30(23-13-7-6-8-14-23)28-19-12-18-27(32-28)26-15-9-10-20-29(26)34-5;1-14(2,3)17-10-12-8-7-9-13(16-12)11-18-15(4,5)6/h6-22,30,33H,1-5H3;7-9H,10-11H2,1-6H3. The number of thioether (sulfide) groups is 2. The molecule has 0 spiro atoms. The Balaban J connectivity index is 0.000000284. The molecule has 0 amide bonds. The van der Waals surface area contributed by atoms with Gasteiger partial charge in [-0.25, -0.2) is 0 Å². The number of methoxy groups -OCH3 is 1. The summed E-state index contributed by atoms with van der Waals surface area (Å²) >= 11 is 3.90. The van der Waals surface area contributed by atoms with Gasteiger partial charge in [0.05, 0.1) is 35.9 Å². The van der Waals surface area contributed by atoms with Crippen LogP contribution < -0.4 is 10.1 Å². The molecular formula is C46H59N3OS2. The molecule has 0 aliphatic carbocycles. The predicted molar refractivity (Wildman–Crippen MR) is 229 cm³/mol. The van der Waals surface area contributed by atoms with Crippen molar-refractivity contribution in [2.75, 3.05) is 12.4 Å². The van der Waals surface area contributed by atoms with E-state index in [1.54, 1.807) is 7.11 Å². The molecule has 276 valence electrons. The normalized spacial score (nSPS) is 12.3. The third-order valence-corrected chi connectivity index (χ3v) is 11.0. The van der Waals surface area contributed by atoms with Crippen molar-refractivity contribution < 1.29 is 4.74 Å². The highest BCUT2D eigenvalue weighted by Gasteiger charge is 2.22. The summed E-state index contributed by atoms with van der Waals surface area (Å²) in [6.07, 6.45) is 0. The summed E-state index contributed by atoms with van der Waals surface area (Å²) in [6.45, 7) is 22.5. The van der Waals surface area contributed by atoms with Gasteiger partial charge in [0, 0.05) is 32.3 Å². The number of ether oxygens (including phenoxy) is 1. The van der Waals surface area contributed by atoms with Crippen LogP contribution in [0.3, 0.4) is 0 Å². The Hall–Kier alpha value is -3.74. The Morgan fingerprint density at radius 2 is 1.12 bits per heavy atom. The second-order valence-electron chi connectivity index (χ2n) is 15.7. The number of benzene rings is 3. The average molecular weight is 734 g/mol. The van der Waals surface area contributed by atoms with E-state index in [0.717, 1.165) is 34.2 Å². The fourth-order valence-electron chi connectivity index (χ4n) is 5.72. The number of pyridine rings is 2. The number of aromatic nitrogens is 2. The first-order chi connectivity index (χ1) is 24.6. The van der Waals surface area contributed by atoms with Gasteiger partial charge in [-0.2, -0.15) is 0 Å². The van der Waals surface area contributed by atoms with Crippen molar-refractivity contribution in [3.05, 3.63) is 143 Å². The van der Waals surface area contributed by atoms with Gasteiger partial charge in [-0.3, -0.25) is 9.97 Å². The maximum atomic E-state index is 5.61. The summed E-state index contributed by atoms with van der Waals surface area (Å²) in [5.74, 6) is 3.63. The van der Waals surface area contributed by atoms with E-state index in [1.165, 1.54) is 33.8 Å². The maximum Gasteiger partial charge on any atom is 0.128 e. The third kappa shape index (κ3) is 12.4. The van der Waals surface area contributed by atoms with Crippen molar-refractivity contribution in [3.8, 4) is 17.0 Å². The van der Waals surface area contributed by atoms with E-state index >= 15 is 0 Å². The highest BCUT2D eigenvalue weighted by atomic mass is 32.2. The predicted octanol–water partition coefficient (Wildman–Crippen LogP) is 13.4. The van der Waals surface area contributed by atoms with E-state index in [0.29, 0.717) is 21.3 Å². The van der Waals surface area contributed by atoms with E-state index in [1.807, 2.05) is 47.8 Å². The third-order valence-electron chi connectivity index (χ3n) is 8.41. The zero-order valence-corrected chi connectivity index (χ0v) is 34.8. The van der Waals surface area contributed by atoms with Crippen molar-refractivity contribution in [2.45, 2.75) is 108 Å². The first-order valence-corrected chi connectivity index (χ1v) is 20.4. The van der Waals surface area contributed by atoms with Crippen molar-refractivity contribution in [1.29, 1.82) is 0 Å². The van der Waals surface area contributed by atoms with Gasteiger partial charge in [0.15, 0.2) is 0 Å². The fraction of sp³-hybridized carbons (Fsp3) is 0.391. The molecule has 0 bridgehead atoms. The van der Waals surface area contributed by atoms with Crippen LogP contribution in [0, 0.1) is 0 Å². The number of nitrogens with zero attached hydrogens (tertiary/aromatic N) is 2.